The van der Waals surface area contributed by atoms with Gasteiger partial charge in [0.25, 0.3) is 0 Å². The molecule has 3 aromatic rings. The summed E-state index contributed by atoms with van der Waals surface area (Å²) in [5.74, 6) is -0.302. The molecule has 4 rings (SSSR count). The average Bonchev–Trinajstić information content (AvgIpc) is 2.96. The van der Waals surface area contributed by atoms with Crippen molar-refractivity contribution in [1.82, 2.24) is 4.57 Å². The van der Waals surface area contributed by atoms with Gasteiger partial charge in [0.05, 0.1) is 24.9 Å². The number of benzene rings is 2. The van der Waals surface area contributed by atoms with Crippen LogP contribution in [-0.4, -0.2) is 29.4 Å². The highest BCUT2D eigenvalue weighted by molar-refractivity contribution is 8.00. The first-order valence-electron chi connectivity index (χ1n) is 7.91. The molecule has 0 radical (unpaired) electrons. The van der Waals surface area contributed by atoms with E-state index in [0.717, 1.165) is 27.1 Å². The van der Waals surface area contributed by atoms with Crippen molar-refractivity contribution < 1.29 is 19.0 Å². The number of aliphatic carboxylic acids is 1. The first-order chi connectivity index (χ1) is 12.2. The van der Waals surface area contributed by atoms with Crippen molar-refractivity contribution in [2.75, 3.05) is 13.8 Å². The van der Waals surface area contributed by atoms with Crippen LogP contribution in [0.15, 0.2) is 47.4 Å². The van der Waals surface area contributed by atoms with Crippen molar-refractivity contribution in [3.05, 3.63) is 48.0 Å². The van der Waals surface area contributed by atoms with E-state index < -0.39 is 17.9 Å². The minimum atomic E-state index is -0.911. The normalized spacial score (nSPS) is 15.7. The molecule has 0 aliphatic carbocycles. The van der Waals surface area contributed by atoms with E-state index in [-0.39, 0.29) is 6.54 Å². The van der Waals surface area contributed by atoms with Gasteiger partial charge < -0.3 is 14.4 Å². The molecule has 4 nitrogen and oxygen atoms in total. The molecule has 1 unspecified atom stereocenters. The maximum Gasteiger partial charge on any atom is 0.321 e. The van der Waals surface area contributed by atoms with Crippen molar-refractivity contribution in [2.45, 2.75) is 16.7 Å². The van der Waals surface area contributed by atoms with Crippen molar-refractivity contribution in [1.29, 1.82) is 0 Å². The highest BCUT2D eigenvalue weighted by atomic mass is 32.2. The lowest BCUT2D eigenvalue weighted by atomic mass is 10.0. The zero-order valence-electron chi connectivity index (χ0n) is 13.5. The second kappa shape index (κ2) is 6.11. The Hall–Kier alpha value is -2.47. The van der Waals surface area contributed by atoms with Crippen LogP contribution in [0, 0.1) is 0 Å². The van der Waals surface area contributed by atoms with E-state index in [0.29, 0.717) is 11.3 Å². The number of hydrogen-bond acceptors (Lipinski definition) is 3. The van der Waals surface area contributed by atoms with Gasteiger partial charge in [-0.2, -0.15) is 0 Å². The number of carboxylic acids is 1. The van der Waals surface area contributed by atoms with Crippen LogP contribution in [0.25, 0.3) is 22.2 Å². The molecule has 25 heavy (non-hydrogen) atoms. The fourth-order valence-corrected chi connectivity index (χ4v) is 4.71. The third kappa shape index (κ3) is 2.32. The molecule has 0 fully saturated rings. The lowest BCUT2D eigenvalue weighted by molar-refractivity contribution is -0.136. The van der Waals surface area contributed by atoms with Crippen molar-refractivity contribution in [3.63, 3.8) is 0 Å². The summed E-state index contributed by atoms with van der Waals surface area (Å²) in [4.78, 5) is 12.9. The van der Waals surface area contributed by atoms with Gasteiger partial charge in [0.1, 0.15) is 17.7 Å². The zero-order valence-corrected chi connectivity index (χ0v) is 14.3. The van der Waals surface area contributed by atoms with E-state index in [1.165, 1.54) is 11.8 Å². The number of carbonyl (C=O) groups is 1. The van der Waals surface area contributed by atoms with Gasteiger partial charge in [-0.05, 0) is 18.2 Å². The molecule has 0 saturated carbocycles. The van der Waals surface area contributed by atoms with Gasteiger partial charge in [-0.15, -0.1) is 11.8 Å². The van der Waals surface area contributed by atoms with Gasteiger partial charge in [0.2, 0.25) is 0 Å². The number of ether oxygens (including phenoxy) is 1. The Bertz CT molecular complexity index is 982. The second-order valence-corrected chi connectivity index (χ2v) is 6.94. The minimum Gasteiger partial charge on any atom is -0.496 e. The lowest BCUT2D eigenvalue weighted by Gasteiger charge is -2.24. The van der Waals surface area contributed by atoms with E-state index >= 15 is 0 Å². The van der Waals surface area contributed by atoms with Gasteiger partial charge in [0.15, 0.2) is 0 Å². The summed E-state index contributed by atoms with van der Waals surface area (Å²) < 4.78 is 20.7. The molecule has 0 saturated heterocycles. The quantitative estimate of drug-likeness (QED) is 0.746. The second-order valence-electron chi connectivity index (χ2n) is 5.79. The van der Waals surface area contributed by atoms with Crippen LogP contribution in [0.2, 0.25) is 0 Å². The molecule has 0 spiro atoms. The van der Waals surface area contributed by atoms with Crippen LogP contribution in [0.4, 0.5) is 4.39 Å². The fourth-order valence-electron chi connectivity index (χ4n) is 3.56. The van der Waals surface area contributed by atoms with Gasteiger partial charge >= 0.3 is 5.97 Å². The summed E-state index contributed by atoms with van der Waals surface area (Å²) in [6, 6.07) is 13.2. The number of carboxylic acid groups (broad SMARTS) is 1. The highest BCUT2D eigenvalue weighted by Gasteiger charge is 2.36. The molecule has 2 aromatic carbocycles. The number of aromatic nitrogens is 1. The van der Waals surface area contributed by atoms with E-state index in [1.807, 2.05) is 47.0 Å². The van der Waals surface area contributed by atoms with Crippen LogP contribution >= 0.6 is 11.8 Å². The molecule has 1 atom stereocenters. The van der Waals surface area contributed by atoms with Gasteiger partial charge in [0, 0.05) is 21.4 Å². The maximum absolute atomic E-state index is 13.3. The van der Waals surface area contributed by atoms with Crippen LogP contribution in [0.1, 0.15) is 10.8 Å². The molecular weight excluding hydrogens is 341 g/mol. The summed E-state index contributed by atoms with van der Waals surface area (Å²) in [5, 5.41) is 9.82. The number of nitrogens with zero attached hydrogens (tertiary/aromatic N) is 1. The number of rotatable bonds is 4. The van der Waals surface area contributed by atoms with E-state index in [2.05, 4.69) is 0 Å². The van der Waals surface area contributed by atoms with E-state index in [1.54, 1.807) is 7.11 Å². The van der Waals surface area contributed by atoms with Crippen molar-refractivity contribution in [2.24, 2.45) is 0 Å². The molecule has 0 bridgehead atoms. The summed E-state index contributed by atoms with van der Waals surface area (Å²) in [7, 11) is 1.56. The number of alkyl halides is 1. The van der Waals surface area contributed by atoms with Gasteiger partial charge in [-0.25, -0.2) is 4.39 Å². The Labute approximate surface area is 148 Å². The standard InChI is InChI=1S/C19H16FNO3S/c1-24-13-7-4-6-12-15(13)16-17(21(12)10-9-20)11-5-2-3-8-14(11)25-18(16)19(22)23/h2-8,18H,9-10H2,1H3,(H,22,23). The Kier molecular flexibility index (Phi) is 3.92. The molecule has 1 aliphatic heterocycles. The molecular formula is C19H16FNO3S. The molecule has 6 heteroatoms. The molecule has 2 heterocycles. The molecule has 1 N–H and O–H groups in total. The lowest BCUT2D eigenvalue weighted by Crippen LogP contribution is -2.14. The topological polar surface area (TPSA) is 51.5 Å². The van der Waals surface area contributed by atoms with Gasteiger partial charge in [-0.1, -0.05) is 24.3 Å². The van der Waals surface area contributed by atoms with Crippen LogP contribution < -0.4 is 4.74 Å². The Balaban J connectivity index is 2.18. The summed E-state index contributed by atoms with van der Waals surface area (Å²) in [6.45, 7) is -0.356. The number of halogens is 1. The molecule has 1 aliphatic rings. The van der Waals surface area contributed by atoms with Crippen LogP contribution in [0.5, 0.6) is 5.75 Å². The number of aryl methyl sites for hydroxylation is 1. The fraction of sp³-hybridized carbons (Fsp3) is 0.211. The largest absolute Gasteiger partial charge is 0.496 e. The summed E-state index contributed by atoms with van der Waals surface area (Å²) in [5.41, 5.74) is 3.20. The van der Waals surface area contributed by atoms with Gasteiger partial charge in [-0.3, -0.25) is 4.79 Å². The summed E-state index contributed by atoms with van der Waals surface area (Å²) >= 11 is 1.31. The Morgan fingerprint density at radius 1 is 1.28 bits per heavy atom. The third-order valence-electron chi connectivity index (χ3n) is 4.49. The number of hydrogen-bond donors (Lipinski definition) is 1. The molecule has 128 valence electrons. The van der Waals surface area contributed by atoms with Crippen molar-refractivity contribution >= 4 is 28.6 Å². The molecule has 0 amide bonds. The van der Waals surface area contributed by atoms with Crippen LogP contribution in [0.3, 0.4) is 0 Å². The number of thioether (sulfide) groups is 1. The Morgan fingerprint density at radius 3 is 2.80 bits per heavy atom. The monoisotopic (exact) mass is 357 g/mol. The number of fused-ring (bicyclic) bond motifs is 5. The molecule has 1 aromatic heterocycles. The zero-order chi connectivity index (χ0) is 17.6. The van der Waals surface area contributed by atoms with E-state index in [4.69, 9.17) is 4.74 Å². The predicted octanol–water partition coefficient (Wildman–Crippen LogP) is 4.52. The van der Waals surface area contributed by atoms with Crippen molar-refractivity contribution in [3.8, 4) is 17.0 Å². The van der Waals surface area contributed by atoms with Crippen LogP contribution in [-0.2, 0) is 11.3 Å². The van der Waals surface area contributed by atoms with E-state index in [9.17, 15) is 14.3 Å². The smallest absolute Gasteiger partial charge is 0.321 e. The first-order valence-corrected chi connectivity index (χ1v) is 8.79. The average molecular weight is 357 g/mol. The highest BCUT2D eigenvalue weighted by Crippen LogP contribution is 2.54. The minimum absolute atomic E-state index is 0.171. The Morgan fingerprint density at radius 2 is 2.08 bits per heavy atom. The third-order valence-corrected chi connectivity index (χ3v) is 5.77. The predicted molar refractivity (Wildman–Crippen MR) is 96.1 cm³/mol. The first kappa shape index (κ1) is 16.0. The SMILES string of the molecule is COc1cccc2c1c1c(n2CCF)-c2ccccc2SC1C(=O)O. The maximum atomic E-state index is 13.3. The summed E-state index contributed by atoms with van der Waals surface area (Å²) in [6.07, 6.45) is 0. The number of methoxy groups -OCH3 is 1.